The van der Waals surface area contributed by atoms with Crippen LogP contribution in [0.5, 0.6) is 0 Å². The maximum Gasteiger partial charge on any atom is 0.181 e. The predicted octanol–water partition coefficient (Wildman–Crippen LogP) is 3.25. The summed E-state index contributed by atoms with van der Waals surface area (Å²) in [7, 11) is 0. The van der Waals surface area contributed by atoms with Gasteiger partial charge in [0.1, 0.15) is 11.5 Å². The maximum absolute atomic E-state index is 5.93. The standard InChI is InChI=1S/C12H8ClN3O/c1-7-9-10(8-5-3-2-4-6-8)14-15-12(13)11(9)16-17-7/h2-6H,1H3. The van der Waals surface area contributed by atoms with Crippen LogP contribution in [0.2, 0.25) is 5.15 Å². The van der Waals surface area contributed by atoms with E-state index in [1.807, 2.05) is 37.3 Å². The van der Waals surface area contributed by atoms with Crippen LogP contribution in [0, 0.1) is 6.92 Å². The van der Waals surface area contributed by atoms with Crippen LogP contribution < -0.4 is 0 Å². The van der Waals surface area contributed by atoms with Crippen molar-refractivity contribution in [2.75, 3.05) is 0 Å². The summed E-state index contributed by atoms with van der Waals surface area (Å²) in [4.78, 5) is 0. The minimum Gasteiger partial charge on any atom is -0.360 e. The number of aryl methyl sites for hydroxylation is 1. The van der Waals surface area contributed by atoms with Crippen LogP contribution >= 0.6 is 11.6 Å². The molecule has 3 rings (SSSR count). The molecule has 17 heavy (non-hydrogen) atoms. The summed E-state index contributed by atoms with van der Waals surface area (Å²) in [5.41, 5.74) is 2.26. The lowest BCUT2D eigenvalue weighted by Crippen LogP contribution is -1.90. The fourth-order valence-electron chi connectivity index (χ4n) is 1.78. The van der Waals surface area contributed by atoms with E-state index in [1.54, 1.807) is 0 Å². The zero-order valence-corrected chi connectivity index (χ0v) is 9.77. The topological polar surface area (TPSA) is 51.8 Å². The van der Waals surface area contributed by atoms with Crippen molar-refractivity contribution < 1.29 is 4.52 Å². The molecule has 0 aliphatic carbocycles. The van der Waals surface area contributed by atoms with Gasteiger partial charge in [-0.1, -0.05) is 47.1 Å². The van der Waals surface area contributed by atoms with Crippen molar-refractivity contribution in [3.63, 3.8) is 0 Å². The van der Waals surface area contributed by atoms with Gasteiger partial charge in [0.05, 0.1) is 5.39 Å². The highest BCUT2D eigenvalue weighted by Crippen LogP contribution is 2.31. The van der Waals surface area contributed by atoms with Crippen molar-refractivity contribution in [3.8, 4) is 11.3 Å². The first-order chi connectivity index (χ1) is 8.27. The van der Waals surface area contributed by atoms with Gasteiger partial charge in [-0.15, -0.1) is 10.2 Å². The van der Waals surface area contributed by atoms with E-state index in [4.69, 9.17) is 16.1 Å². The van der Waals surface area contributed by atoms with Gasteiger partial charge in [-0.05, 0) is 6.92 Å². The van der Waals surface area contributed by atoms with Gasteiger partial charge in [-0.25, -0.2) is 0 Å². The van der Waals surface area contributed by atoms with Crippen LogP contribution in [0.4, 0.5) is 0 Å². The third-order valence-electron chi connectivity index (χ3n) is 2.58. The Kier molecular flexibility index (Phi) is 2.30. The van der Waals surface area contributed by atoms with E-state index in [2.05, 4.69) is 15.4 Å². The lowest BCUT2D eigenvalue weighted by Gasteiger charge is -2.01. The monoisotopic (exact) mass is 245 g/mol. The molecular weight excluding hydrogens is 238 g/mol. The number of aromatic nitrogens is 3. The first-order valence-corrected chi connectivity index (χ1v) is 5.49. The Hall–Kier alpha value is -1.94. The zero-order valence-electron chi connectivity index (χ0n) is 9.01. The Labute approximate surface area is 102 Å². The zero-order chi connectivity index (χ0) is 11.8. The lowest BCUT2D eigenvalue weighted by atomic mass is 10.1. The summed E-state index contributed by atoms with van der Waals surface area (Å²) in [6, 6.07) is 9.76. The van der Waals surface area contributed by atoms with Gasteiger partial charge < -0.3 is 4.52 Å². The lowest BCUT2D eigenvalue weighted by molar-refractivity contribution is 0.405. The molecule has 3 aromatic rings. The number of hydrogen-bond donors (Lipinski definition) is 0. The molecule has 0 unspecified atom stereocenters. The minimum atomic E-state index is 0.261. The van der Waals surface area contributed by atoms with Crippen LogP contribution in [0.3, 0.4) is 0 Å². The summed E-state index contributed by atoms with van der Waals surface area (Å²) in [5, 5.41) is 13.0. The molecule has 0 radical (unpaired) electrons. The fraction of sp³-hybridized carbons (Fsp3) is 0.0833. The summed E-state index contributed by atoms with van der Waals surface area (Å²) < 4.78 is 5.14. The number of fused-ring (bicyclic) bond motifs is 1. The van der Waals surface area contributed by atoms with Crippen molar-refractivity contribution in [1.82, 2.24) is 15.4 Å². The third-order valence-corrected chi connectivity index (χ3v) is 2.83. The molecule has 0 amide bonds. The van der Waals surface area contributed by atoms with Gasteiger partial charge in [0.25, 0.3) is 0 Å². The second-order valence-corrected chi connectivity index (χ2v) is 4.03. The highest BCUT2D eigenvalue weighted by molar-refractivity contribution is 6.34. The first kappa shape index (κ1) is 10.2. The smallest absolute Gasteiger partial charge is 0.181 e. The van der Waals surface area contributed by atoms with Gasteiger partial charge in [-0.2, -0.15) is 0 Å². The Morgan fingerprint density at radius 1 is 1.12 bits per heavy atom. The van der Waals surface area contributed by atoms with Crippen molar-refractivity contribution in [1.29, 1.82) is 0 Å². The minimum absolute atomic E-state index is 0.261. The Balaban J connectivity index is 2.38. The molecule has 0 aliphatic heterocycles. The average Bonchev–Trinajstić information content (AvgIpc) is 2.75. The molecule has 4 nitrogen and oxygen atoms in total. The molecule has 2 heterocycles. The van der Waals surface area contributed by atoms with E-state index in [0.717, 1.165) is 16.6 Å². The SMILES string of the molecule is Cc1onc2c(Cl)nnc(-c3ccccc3)c12. The van der Waals surface area contributed by atoms with E-state index in [0.29, 0.717) is 11.3 Å². The van der Waals surface area contributed by atoms with Gasteiger partial charge in [0, 0.05) is 5.56 Å². The van der Waals surface area contributed by atoms with E-state index in [1.165, 1.54) is 0 Å². The molecule has 84 valence electrons. The van der Waals surface area contributed by atoms with E-state index in [9.17, 15) is 0 Å². The molecule has 0 saturated heterocycles. The molecule has 5 heteroatoms. The summed E-state index contributed by atoms with van der Waals surface area (Å²) >= 11 is 5.93. The predicted molar refractivity (Wildman–Crippen MR) is 64.8 cm³/mol. The Bertz CT molecular complexity index is 679. The van der Waals surface area contributed by atoms with Crippen LogP contribution in [0.1, 0.15) is 5.76 Å². The molecule has 2 aromatic heterocycles. The van der Waals surface area contributed by atoms with E-state index in [-0.39, 0.29) is 5.15 Å². The van der Waals surface area contributed by atoms with Crippen LogP contribution in [0.25, 0.3) is 22.2 Å². The number of nitrogens with zero attached hydrogens (tertiary/aromatic N) is 3. The Morgan fingerprint density at radius 2 is 1.88 bits per heavy atom. The molecule has 0 spiro atoms. The van der Waals surface area contributed by atoms with Crippen LogP contribution in [-0.2, 0) is 0 Å². The number of halogens is 1. The normalized spacial score (nSPS) is 10.9. The molecular formula is C12H8ClN3O. The number of rotatable bonds is 1. The molecule has 0 N–H and O–H groups in total. The first-order valence-electron chi connectivity index (χ1n) is 5.11. The van der Waals surface area contributed by atoms with Gasteiger partial charge in [-0.3, -0.25) is 0 Å². The number of hydrogen-bond acceptors (Lipinski definition) is 4. The largest absolute Gasteiger partial charge is 0.360 e. The van der Waals surface area contributed by atoms with Gasteiger partial charge >= 0.3 is 0 Å². The highest BCUT2D eigenvalue weighted by atomic mass is 35.5. The second-order valence-electron chi connectivity index (χ2n) is 3.67. The molecule has 0 bridgehead atoms. The molecule has 1 aromatic carbocycles. The fourth-order valence-corrected chi connectivity index (χ4v) is 1.95. The van der Waals surface area contributed by atoms with E-state index >= 15 is 0 Å². The third kappa shape index (κ3) is 1.57. The summed E-state index contributed by atoms with van der Waals surface area (Å²) in [6.07, 6.45) is 0. The van der Waals surface area contributed by atoms with Crippen molar-refractivity contribution in [2.45, 2.75) is 6.92 Å². The van der Waals surface area contributed by atoms with Crippen LogP contribution in [-0.4, -0.2) is 15.4 Å². The molecule has 0 atom stereocenters. The average molecular weight is 246 g/mol. The summed E-state index contributed by atoms with van der Waals surface area (Å²) in [6.45, 7) is 1.83. The molecule has 0 fully saturated rings. The van der Waals surface area contributed by atoms with Crippen molar-refractivity contribution in [3.05, 3.63) is 41.2 Å². The molecule has 0 saturated carbocycles. The molecule has 0 aliphatic rings. The van der Waals surface area contributed by atoms with E-state index < -0.39 is 0 Å². The summed E-state index contributed by atoms with van der Waals surface area (Å²) in [5.74, 6) is 0.690. The van der Waals surface area contributed by atoms with Gasteiger partial charge in [0.2, 0.25) is 0 Å². The highest BCUT2D eigenvalue weighted by Gasteiger charge is 2.16. The van der Waals surface area contributed by atoms with Crippen molar-refractivity contribution in [2.24, 2.45) is 0 Å². The van der Waals surface area contributed by atoms with Crippen molar-refractivity contribution >= 4 is 22.5 Å². The number of benzene rings is 1. The maximum atomic E-state index is 5.93. The second kappa shape index (κ2) is 3.82. The quantitative estimate of drug-likeness (QED) is 0.660. The van der Waals surface area contributed by atoms with Gasteiger partial charge in [0.15, 0.2) is 10.7 Å². The van der Waals surface area contributed by atoms with Crippen LogP contribution in [0.15, 0.2) is 34.9 Å². The Morgan fingerprint density at radius 3 is 2.65 bits per heavy atom.